The Morgan fingerprint density at radius 3 is 2.34 bits per heavy atom. The highest BCUT2D eigenvalue weighted by Crippen LogP contribution is 2.40. The molecule has 0 saturated heterocycles. The van der Waals surface area contributed by atoms with Gasteiger partial charge in [0, 0.05) is 23.0 Å². The van der Waals surface area contributed by atoms with Gasteiger partial charge in [0.15, 0.2) is 0 Å². The number of nitrogens with one attached hydrogen (secondary N) is 2. The summed E-state index contributed by atoms with van der Waals surface area (Å²) in [6.07, 6.45) is 8.65. The molecular weight excluding hydrogens is 538 g/mol. The van der Waals surface area contributed by atoms with E-state index in [0.717, 1.165) is 39.6 Å². The van der Waals surface area contributed by atoms with E-state index in [1.165, 1.54) is 27.8 Å². The molecule has 1 aromatic heterocycles. The van der Waals surface area contributed by atoms with Crippen molar-refractivity contribution in [1.29, 1.82) is 0 Å². The van der Waals surface area contributed by atoms with Crippen molar-refractivity contribution in [3.05, 3.63) is 174 Å². The van der Waals surface area contributed by atoms with E-state index >= 15 is 0 Å². The fourth-order valence-corrected chi connectivity index (χ4v) is 6.74. The zero-order chi connectivity index (χ0) is 29.0. The lowest BCUT2D eigenvalue weighted by molar-refractivity contribution is 0.370. The maximum absolute atomic E-state index is 5.03. The predicted octanol–water partition coefficient (Wildman–Crippen LogP) is 7.99. The highest BCUT2D eigenvalue weighted by molar-refractivity contribution is 5.84. The van der Waals surface area contributed by atoms with Crippen LogP contribution in [0.25, 0.3) is 44.9 Å². The molecular formula is C39H29N5. The molecule has 0 bridgehead atoms. The number of para-hydroxylation sites is 2. The smallest absolute Gasteiger partial charge is 0.145 e. The second kappa shape index (κ2) is 9.89. The first-order valence-electron chi connectivity index (χ1n) is 15.1. The number of imidazole rings is 1. The van der Waals surface area contributed by atoms with Crippen LogP contribution in [0.15, 0.2) is 158 Å². The second-order valence-electron chi connectivity index (χ2n) is 11.4. The number of rotatable bonds is 4. The number of nitrogens with zero attached hydrogens (tertiary/aromatic N) is 3. The third-order valence-corrected chi connectivity index (χ3v) is 8.83. The highest BCUT2D eigenvalue weighted by atomic mass is 15.4. The quantitative estimate of drug-likeness (QED) is 0.227. The van der Waals surface area contributed by atoms with Gasteiger partial charge in [-0.3, -0.25) is 4.57 Å². The number of benzene rings is 5. The minimum atomic E-state index is 0.0518. The number of hydrogen-bond donors (Lipinski definition) is 2. The fraction of sp³-hybridized carbons (Fsp3) is 0.0513. The maximum atomic E-state index is 5.03. The molecule has 5 nitrogen and oxygen atoms in total. The molecule has 5 heteroatoms. The van der Waals surface area contributed by atoms with Crippen molar-refractivity contribution in [2.24, 2.45) is 0 Å². The van der Waals surface area contributed by atoms with Gasteiger partial charge in [0.05, 0.1) is 22.8 Å². The molecule has 0 spiro atoms. The predicted molar refractivity (Wildman–Crippen MR) is 177 cm³/mol. The van der Waals surface area contributed by atoms with Crippen molar-refractivity contribution in [1.82, 2.24) is 25.1 Å². The van der Waals surface area contributed by atoms with Gasteiger partial charge in [0.2, 0.25) is 0 Å². The number of hydrogen-bond acceptors (Lipinski definition) is 4. The van der Waals surface area contributed by atoms with Crippen LogP contribution in [0.3, 0.4) is 0 Å². The highest BCUT2D eigenvalue weighted by Gasteiger charge is 2.37. The molecule has 3 aliphatic heterocycles. The van der Waals surface area contributed by atoms with E-state index < -0.39 is 0 Å². The lowest BCUT2D eigenvalue weighted by Gasteiger charge is -2.32. The summed E-state index contributed by atoms with van der Waals surface area (Å²) in [6.45, 7) is 0. The first kappa shape index (κ1) is 24.8. The van der Waals surface area contributed by atoms with Gasteiger partial charge >= 0.3 is 0 Å². The molecule has 2 atom stereocenters. The minimum absolute atomic E-state index is 0.0518. The van der Waals surface area contributed by atoms with Gasteiger partial charge in [-0.25, -0.2) is 4.98 Å². The normalized spacial score (nSPS) is 18.0. The Hall–Kier alpha value is -5.81. The molecule has 2 unspecified atom stereocenters. The third kappa shape index (κ3) is 3.90. The van der Waals surface area contributed by atoms with Crippen molar-refractivity contribution in [2.75, 3.05) is 0 Å². The van der Waals surface area contributed by atoms with Crippen LogP contribution in [0.5, 0.6) is 0 Å². The molecule has 0 fully saturated rings. The van der Waals surface area contributed by atoms with Gasteiger partial charge in [0.1, 0.15) is 17.8 Å². The Balaban J connectivity index is 1.08. The molecule has 0 radical (unpaired) electrons. The summed E-state index contributed by atoms with van der Waals surface area (Å²) >= 11 is 0. The molecule has 0 saturated carbocycles. The Labute approximate surface area is 256 Å². The molecule has 5 aromatic carbocycles. The van der Waals surface area contributed by atoms with Crippen molar-refractivity contribution < 1.29 is 0 Å². The number of allylic oxidation sites excluding steroid dienone is 2. The Morgan fingerprint density at radius 1 is 0.636 bits per heavy atom. The summed E-state index contributed by atoms with van der Waals surface area (Å²) in [5, 5.41) is 7.55. The molecule has 0 aliphatic carbocycles. The van der Waals surface area contributed by atoms with Crippen LogP contribution < -0.4 is 10.6 Å². The Kier molecular flexibility index (Phi) is 5.56. The molecule has 210 valence electrons. The van der Waals surface area contributed by atoms with E-state index in [-0.39, 0.29) is 12.2 Å². The third-order valence-electron chi connectivity index (χ3n) is 8.83. The minimum Gasteiger partial charge on any atom is -0.359 e. The van der Waals surface area contributed by atoms with Gasteiger partial charge in [-0.1, -0.05) is 109 Å². The average Bonchev–Trinajstić information content (AvgIpc) is 3.68. The van der Waals surface area contributed by atoms with Crippen LogP contribution in [0, 0.1) is 0 Å². The molecule has 9 rings (SSSR count). The lowest BCUT2D eigenvalue weighted by Crippen LogP contribution is -2.36. The largest absolute Gasteiger partial charge is 0.359 e. The maximum Gasteiger partial charge on any atom is 0.145 e. The Morgan fingerprint density at radius 2 is 1.43 bits per heavy atom. The van der Waals surface area contributed by atoms with E-state index in [9.17, 15) is 0 Å². The lowest BCUT2D eigenvalue weighted by atomic mass is 9.89. The summed E-state index contributed by atoms with van der Waals surface area (Å²) in [4.78, 5) is 7.31. The zero-order valence-corrected chi connectivity index (χ0v) is 23.9. The first-order chi connectivity index (χ1) is 21.8. The van der Waals surface area contributed by atoms with Crippen LogP contribution in [0.2, 0.25) is 0 Å². The standard InChI is InChI=1S/C39H29N5/c1-2-11-28(12-3-1)38-40-33-17-6-7-18-34(33)44(38)30-14-10-13-29(25-30)26-20-22-27(23-21-26)36-31-15-4-5-16-32(31)37-39(42-36)43-24-9-8-19-35(43)41-37/h1-25,35-36,41-42H. The molecule has 6 aromatic rings. The van der Waals surface area contributed by atoms with Crippen molar-refractivity contribution in [3.8, 4) is 28.2 Å². The molecule has 44 heavy (non-hydrogen) atoms. The van der Waals surface area contributed by atoms with E-state index in [2.05, 4.69) is 160 Å². The summed E-state index contributed by atoms with van der Waals surface area (Å²) < 4.78 is 2.27. The summed E-state index contributed by atoms with van der Waals surface area (Å²) in [6, 6.07) is 45.3. The summed E-state index contributed by atoms with van der Waals surface area (Å²) in [7, 11) is 0. The van der Waals surface area contributed by atoms with Gasteiger partial charge in [-0.2, -0.15) is 0 Å². The second-order valence-corrected chi connectivity index (χ2v) is 11.4. The molecule has 3 aliphatic rings. The average molecular weight is 568 g/mol. The first-order valence-corrected chi connectivity index (χ1v) is 15.1. The van der Waals surface area contributed by atoms with Gasteiger partial charge in [-0.05, 0) is 58.7 Å². The van der Waals surface area contributed by atoms with E-state index in [1.807, 2.05) is 12.1 Å². The van der Waals surface area contributed by atoms with Gasteiger partial charge < -0.3 is 15.5 Å². The summed E-state index contributed by atoms with van der Waals surface area (Å²) in [5.41, 5.74) is 11.5. The molecule has 2 N–H and O–H groups in total. The van der Waals surface area contributed by atoms with Crippen molar-refractivity contribution >= 4 is 16.7 Å². The summed E-state index contributed by atoms with van der Waals surface area (Å²) in [5.74, 6) is 2.07. The number of fused-ring (bicyclic) bond motifs is 5. The van der Waals surface area contributed by atoms with Crippen molar-refractivity contribution in [2.45, 2.75) is 12.2 Å². The van der Waals surface area contributed by atoms with Crippen LogP contribution >= 0.6 is 0 Å². The molecule has 0 amide bonds. The SMILES string of the molecule is C1=CC2NC3=C(NC(c4ccc(-c5cccc(-n6c(-c7ccccc7)nc7ccccc76)c5)cc4)c4ccccc43)N2C=C1. The number of aromatic nitrogens is 2. The molecule has 4 heterocycles. The van der Waals surface area contributed by atoms with E-state index in [4.69, 9.17) is 4.98 Å². The fourth-order valence-electron chi connectivity index (χ4n) is 6.74. The monoisotopic (exact) mass is 567 g/mol. The van der Waals surface area contributed by atoms with Crippen LogP contribution in [0.1, 0.15) is 22.7 Å². The van der Waals surface area contributed by atoms with Gasteiger partial charge in [0.25, 0.3) is 0 Å². The van der Waals surface area contributed by atoms with Crippen LogP contribution in [-0.2, 0) is 0 Å². The van der Waals surface area contributed by atoms with Crippen LogP contribution in [0.4, 0.5) is 0 Å². The van der Waals surface area contributed by atoms with E-state index in [1.54, 1.807) is 0 Å². The Bertz CT molecular complexity index is 2140. The van der Waals surface area contributed by atoms with Gasteiger partial charge in [-0.15, -0.1) is 0 Å². The zero-order valence-electron chi connectivity index (χ0n) is 23.9. The van der Waals surface area contributed by atoms with Crippen LogP contribution in [-0.4, -0.2) is 20.6 Å². The van der Waals surface area contributed by atoms with E-state index in [0.29, 0.717) is 0 Å². The topological polar surface area (TPSA) is 45.1 Å². The van der Waals surface area contributed by atoms with Crippen molar-refractivity contribution in [3.63, 3.8) is 0 Å².